The predicted octanol–water partition coefficient (Wildman–Crippen LogP) is 5.78. The molecule has 0 spiro atoms. The standard InChI is InChI=1S/C24H15FN2O2/c25-19-8-3-7-17(13-19)23-12-11-20(29-23)14-18(15-26)24(28)27-22-10-4-6-16-5-1-2-9-21(16)22/h1-14H,(H,27,28)/b18-14+. The molecule has 4 aromatic rings. The molecule has 1 heterocycles. The number of halogens is 1. The van der Waals surface area contributed by atoms with Crippen LogP contribution < -0.4 is 5.32 Å². The molecule has 0 bridgehead atoms. The van der Waals surface area contributed by atoms with E-state index in [1.807, 2.05) is 42.5 Å². The average Bonchev–Trinajstić information content (AvgIpc) is 3.21. The van der Waals surface area contributed by atoms with Crippen molar-refractivity contribution >= 4 is 28.4 Å². The molecule has 1 aromatic heterocycles. The number of hydrogen-bond acceptors (Lipinski definition) is 3. The van der Waals surface area contributed by atoms with Crippen molar-refractivity contribution in [2.24, 2.45) is 0 Å². The SMILES string of the molecule is N#C/C(=C\c1ccc(-c2cccc(F)c2)o1)C(=O)Nc1cccc2ccccc12. The second-order valence-electron chi connectivity index (χ2n) is 6.36. The van der Waals surface area contributed by atoms with E-state index in [-0.39, 0.29) is 11.4 Å². The van der Waals surface area contributed by atoms with Gasteiger partial charge in [-0.2, -0.15) is 5.26 Å². The zero-order valence-corrected chi connectivity index (χ0v) is 15.2. The van der Waals surface area contributed by atoms with Gasteiger partial charge in [-0.05, 0) is 35.7 Å². The third-order valence-electron chi connectivity index (χ3n) is 4.43. The molecular weight excluding hydrogens is 367 g/mol. The van der Waals surface area contributed by atoms with E-state index in [2.05, 4.69) is 5.32 Å². The van der Waals surface area contributed by atoms with Crippen LogP contribution in [-0.2, 0) is 4.79 Å². The summed E-state index contributed by atoms with van der Waals surface area (Å²) in [5.74, 6) is -0.132. The molecule has 3 aromatic carbocycles. The topological polar surface area (TPSA) is 66.0 Å². The third-order valence-corrected chi connectivity index (χ3v) is 4.43. The van der Waals surface area contributed by atoms with Crippen LogP contribution in [0, 0.1) is 17.1 Å². The molecule has 0 saturated carbocycles. The first kappa shape index (κ1) is 18.2. The number of nitriles is 1. The molecule has 0 atom stereocenters. The Morgan fingerprint density at radius 3 is 2.62 bits per heavy atom. The van der Waals surface area contributed by atoms with E-state index in [4.69, 9.17) is 4.42 Å². The zero-order chi connectivity index (χ0) is 20.2. The third kappa shape index (κ3) is 3.92. The van der Waals surface area contributed by atoms with Gasteiger partial charge in [0, 0.05) is 22.7 Å². The highest BCUT2D eigenvalue weighted by Crippen LogP contribution is 2.25. The predicted molar refractivity (Wildman–Crippen MR) is 110 cm³/mol. The van der Waals surface area contributed by atoms with Crippen LogP contribution in [0.15, 0.2) is 88.9 Å². The maximum atomic E-state index is 13.4. The molecule has 0 saturated heterocycles. The minimum Gasteiger partial charge on any atom is -0.457 e. The number of amides is 1. The van der Waals surface area contributed by atoms with Crippen molar-refractivity contribution in [1.29, 1.82) is 5.26 Å². The summed E-state index contributed by atoms with van der Waals surface area (Å²) in [5, 5.41) is 14.1. The summed E-state index contributed by atoms with van der Waals surface area (Å²) >= 11 is 0. The summed E-state index contributed by atoms with van der Waals surface area (Å²) in [6.45, 7) is 0. The lowest BCUT2D eigenvalue weighted by molar-refractivity contribution is -0.112. The summed E-state index contributed by atoms with van der Waals surface area (Å²) in [5.41, 5.74) is 1.09. The van der Waals surface area contributed by atoms with Crippen molar-refractivity contribution in [3.05, 3.63) is 96.0 Å². The molecule has 0 radical (unpaired) electrons. The minimum absolute atomic E-state index is 0.0990. The second kappa shape index (κ2) is 7.83. The Bertz CT molecular complexity index is 1280. The molecule has 4 nitrogen and oxygen atoms in total. The molecule has 0 aliphatic rings. The molecule has 0 aliphatic heterocycles. The molecule has 4 rings (SSSR count). The number of nitrogens with one attached hydrogen (secondary N) is 1. The van der Waals surface area contributed by atoms with Crippen LogP contribution in [0.25, 0.3) is 28.2 Å². The monoisotopic (exact) mass is 382 g/mol. The number of carbonyl (C=O) groups excluding carboxylic acids is 1. The fourth-order valence-electron chi connectivity index (χ4n) is 3.04. The van der Waals surface area contributed by atoms with Gasteiger partial charge in [-0.1, -0.05) is 48.5 Å². The van der Waals surface area contributed by atoms with Crippen LogP contribution in [-0.4, -0.2) is 5.91 Å². The first-order valence-electron chi connectivity index (χ1n) is 8.91. The molecular formula is C24H15FN2O2. The number of rotatable bonds is 4. The number of nitrogens with zero attached hydrogens (tertiary/aromatic N) is 1. The quantitative estimate of drug-likeness (QED) is 0.359. The van der Waals surface area contributed by atoms with E-state index >= 15 is 0 Å². The number of hydrogen-bond donors (Lipinski definition) is 1. The lowest BCUT2D eigenvalue weighted by Crippen LogP contribution is -2.13. The molecule has 1 amide bonds. The highest BCUT2D eigenvalue weighted by Gasteiger charge is 2.13. The Kier molecular flexibility index (Phi) is 4.91. The second-order valence-corrected chi connectivity index (χ2v) is 6.36. The van der Waals surface area contributed by atoms with Gasteiger partial charge in [-0.3, -0.25) is 4.79 Å². The van der Waals surface area contributed by atoms with Crippen LogP contribution in [0.3, 0.4) is 0 Å². The van der Waals surface area contributed by atoms with E-state index < -0.39 is 5.91 Å². The molecule has 0 unspecified atom stereocenters. The van der Waals surface area contributed by atoms with Gasteiger partial charge >= 0.3 is 0 Å². The Morgan fingerprint density at radius 2 is 1.79 bits per heavy atom. The van der Waals surface area contributed by atoms with Gasteiger partial charge in [-0.15, -0.1) is 0 Å². The van der Waals surface area contributed by atoms with E-state index in [1.54, 1.807) is 30.3 Å². The van der Waals surface area contributed by atoms with E-state index in [1.165, 1.54) is 18.2 Å². The van der Waals surface area contributed by atoms with Gasteiger partial charge in [0.1, 0.15) is 29.0 Å². The van der Waals surface area contributed by atoms with Gasteiger partial charge in [0.15, 0.2) is 0 Å². The van der Waals surface area contributed by atoms with Gasteiger partial charge in [0.05, 0.1) is 0 Å². The van der Waals surface area contributed by atoms with Crippen molar-refractivity contribution in [3.63, 3.8) is 0 Å². The number of furan rings is 1. The van der Waals surface area contributed by atoms with E-state index in [0.29, 0.717) is 22.8 Å². The average molecular weight is 382 g/mol. The molecule has 1 N–H and O–H groups in total. The van der Waals surface area contributed by atoms with Crippen molar-refractivity contribution < 1.29 is 13.6 Å². The fraction of sp³-hybridized carbons (Fsp3) is 0. The maximum absolute atomic E-state index is 13.4. The Hall–Kier alpha value is -4.17. The van der Waals surface area contributed by atoms with E-state index in [0.717, 1.165) is 10.8 Å². The Morgan fingerprint density at radius 1 is 1.00 bits per heavy atom. The summed E-state index contributed by atoms with van der Waals surface area (Å²) in [4.78, 5) is 12.6. The number of carbonyl (C=O) groups is 1. The van der Waals surface area contributed by atoms with Crippen LogP contribution in [0.2, 0.25) is 0 Å². The van der Waals surface area contributed by atoms with Crippen LogP contribution in [0.4, 0.5) is 10.1 Å². The molecule has 0 fully saturated rings. The summed E-state index contributed by atoms with van der Waals surface area (Å²) in [6, 6.07) is 24.4. The van der Waals surface area contributed by atoms with Crippen molar-refractivity contribution in [2.45, 2.75) is 0 Å². The van der Waals surface area contributed by atoms with Crippen molar-refractivity contribution in [3.8, 4) is 17.4 Å². The number of anilines is 1. The van der Waals surface area contributed by atoms with Crippen molar-refractivity contribution in [1.82, 2.24) is 0 Å². The summed E-state index contributed by atoms with van der Waals surface area (Å²) in [6.07, 6.45) is 1.36. The lowest BCUT2D eigenvalue weighted by atomic mass is 10.1. The first-order valence-corrected chi connectivity index (χ1v) is 8.91. The fourth-order valence-corrected chi connectivity index (χ4v) is 3.04. The Balaban J connectivity index is 1.59. The van der Waals surface area contributed by atoms with Gasteiger partial charge in [0.2, 0.25) is 0 Å². The molecule has 0 aliphatic carbocycles. The lowest BCUT2D eigenvalue weighted by Gasteiger charge is -2.08. The Labute approximate surface area is 166 Å². The maximum Gasteiger partial charge on any atom is 0.266 e. The number of fused-ring (bicyclic) bond motifs is 1. The van der Waals surface area contributed by atoms with Gasteiger partial charge in [-0.25, -0.2) is 4.39 Å². The van der Waals surface area contributed by atoms with Crippen LogP contribution >= 0.6 is 0 Å². The van der Waals surface area contributed by atoms with Gasteiger partial charge in [0.25, 0.3) is 5.91 Å². The summed E-state index contributed by atoms with van der Waals surface area (Å²) in [7, 11) is 0. The van der Waals surface area contributed by atoms with E-state index in [9.17, 15) is 14.4 Å². The van der Waals surface area contributed by atoms with Crippen LogP contribution in [0.5, 0.6) is 0 Å². The summed E-state index contributed by atoms with van der Waals surface area (Å²) < 4.78 is 19.1. The molecule has 5 heteroatoms. The first-order chi connectivity index (χ1) is 14.1. The van der Waals surface area contributed by atoms with Gasteiger partial charge < -0.3 is 9.73 Å². The highest BCUT2D eigenvalue weighted by molar-refractivity contribution is 6.12. The largest absolute Gasteiger partial charge is 0.457 e. The van der Waals surface area contributed by atoms with Crippen LogP contribution in [0.1, 0.15) is 5.76 Å². The molecule has 140 valence electrons. The number of benzene rings is 3. The zero-order valence-electron chi connectivity index (χ0n) is 15.2. The smallest absolute Gasteiger partial charge is 0.266 e. The normalized spacial score (nSPS) is 11.2. The van der Waals surface area contributed by atoms with Crippen molar-refractivity contribution in [2.75, 3.05) is 5.32 Å². The minimum atomic E-state index is -0.535. The highest BCUT2D eigenvalue weighted by atomic mass is 19.1. The molecule has 29 heavy (non-hydrogen) atoms.